The molecular formula is C60H72F10N12O10. The summed E-state index contributed by atoms with van der Waals surface area (Å²) in [6.07, 6.45) is -10.2. The Morgan fingerprint density at radius 1 is 0.750 bits per heavy atom. The molecule has 4 aliphatic rings. The molecule has 0 saturated carbocycles. The minimum absolute atomic E-state index is 0.118. The molecule has 22 nitrogen and oxygen atoms in total. The third-order valence-electron chi connectivity index (χ3n) is 16.9. The maximum Gasteiger partial charge on any atom is 0.407 e. The van der Waals surface area contributed by atoms with Crippen LogP contribution in [-0.4, -0.2) is 199 Å². The summed E-state index contributed by atoms with van der Waals surface area (Å²) in [5.41, 5.74) is -4.66. The predicted molar refractivity (Wildman–Crippen MR) is 308 cm³/mol. The van der Waals surface area contributed by atoms with Crippen molar-refractivity contribution in [2.24, 2.45) is 10.8 Å². The summed E-state index contributed by atoms with van der Waals surface area (Å²) in [4.78, 5) is 84.7. The highest BCUT2D eigenvalue weighted by atomic mass is 19.4. The first-order valence-electron chi connectivity index (χ1n) is 29.5. The van der Waals surface area contributed by atoms with Crippen LogP contribution in [0.4, 0.5) is 59.4 Å². The lowest BCUT2D eigenvalue weighted by Crippen LogP contribution is -2.64. The Balaban J connectivity index is 1.17. The molecule has 2 bridgehead atoms. The quantitative estimate of drug-likeness (QED) is 0.0188. The van der Waals surface area contributed by atoms with Gasteiger partial charge in [0.1, 0.15) is 29.8 Å². The summed E-state index contributed by atoms with van der Waals surface area (Å²) >= 11 is 0. The van der Waals surface area contributed by atoms with Gasteiger partial charge in [-0.05, 0) is 95.8 Å². The topological polar surface area (TPSA) is 236 Å². The normalized spacial score (nSPS) is 18.8. The fourth-order valence-corrected chi connectivity index (χ4v) is 11.2. The van der Waals surface area contributed by atoms with Crippen LogP contribution in [-0.2, 0) is 51.0 Å². The molecule has 2 unspecified atom stereocenters. The first kappa shape index (κ1) is 70.0. The molecule has 4 aliphatic heterocycles. The number of methoxy groups -OCH3 is 2. The van der Waals surface area contributed by atoms with Gasteiger partial charge in [0.05, 0.1) is 81.4 Å². The van der Waals surface area contributed by atoms with E-state index >= 15 is 8.78 Å². The Morgan fingerprint density at radius 2 is 1.32 bits per heavy atom. The minimum atomic E-state index is -5.28. The number of halogens is 10. The summed E-state index contributed by atoms with van der Waals surface area (Å²) in [5, 5.41) is 10.4. The fourth-order valence-electron chi connectivity index (χ4n) is 11.2. The molecule has 6 heterocycles. The number of aromatic nitrogens is 4. The van der Waals surface area contributed by atoms with Gasteiger partial charge in [0, 0.05) is 86.5 Å². The lowest BCUT2D eigenvalue weighted by Gasteiger charge is -2.47. The second-order valence-electron chi connectivity index (χ2n) is 23.9. The molecule has 4 N–H and O–H groups in total. The molecule has 4 saturated heterocycles. The number of amides is 4. The number of alkyl halides is 8. The summed E-state index contributed by atoms with van der Waals surface area (Å²) in [6.45, 7) is 1.92. The number of hydrogen-bond acceptors (Lipinski definition) is 17. The zero-order valence-electron chi connectivity index (χ0n) is 51.1. The third kappa shape index (κ3) is 17.2. The highest BCUT2D eigenvalue weighted by Gasteiger charge is 2.57. The number of fused-ring (bicyclic) bond motifs is 2. The molecule has 2 aromatic carbocycles. The van der Waals surface area contributed by atoms with Crippen LogP contribution in [0.3, 0.4) is 0 Å². The number of esters is 1. The maximum absolute atomic E-state index is 16.5. The lowest BCUT2D eigenvalue weighted by atomic mass is 9.82. The van der Waals surface area contributed by atoms with E-state index in [9.17, 15) is 59.1 Å². The summed E-state index contributed by atoms with van der Waals surface area (Å²) in [7, 11) is 1.61. The summed E-state index contributed by atoms with van der Waals surface area (Å²) < 4.78 is 176. The van der Waals surface area contributed by atoms with Gasteiger partial charge in [-0.25, -0.2) is 38.0 Å². The highest BCUT2D eigenvalue weighted by Crippen LogP contribution is 2.42. The second-order valence-corrected chi connectivity index (χ2v) is 23.9. The van der Waals surface area contributed by atoms with Gasteiger partial charge in [-0.3, -0.25) is 29.6 Å². The van der Waals surface area contributed by atoms with Crippen molar-refractivity contribution < 1.29 is 91.6 Å². The Kier molecular flexibility index (Phi) is 22.7. The zero-order chi connectivity index (χ0) is 66.9. The van der Waals surface area contributed by atoms with Gasteiger partial charge in [0.25, 0.3) is 5.91 Å². The molecule has 6 atom stereocenters. The van der Waals surface area contributed by atoms with E-state index in [1.54, 1.807) is 12.4 Å². The maximum atomic E-state index is 16.5. The van der Waals surface area contributed by atoms with E-state index in [2.05, 4.69) is 56.9 Å². The van der Waals surface area contributed by atoms with Crippen molar-refractivity contribution in [2.45, 2.75) is 128 Å². The molecule has 4 aromatic rings. The number of ether oxygens (including phenoxy) is 5. The number of anilines is 1. The van der Waals surface area contributed by atoms with Gasteiger partial charge in [0.15, 0.2) is 0 Å². The van der Waals surface area contributed by atoms with Gasteiger partial charge >= 0.3 is 37.1 Å². The number of nitrogens with zero attached hydrogens (tertiary/aromatic N) is 8. The molecule has 0 radical (unpaired) electrons. The van der Waals surface area contributed by atoms with E-state index in [0.29, 0.717) is 113 Å². The minimum Gasteiger partial charge on any atom is -0.459 e. The SMILES string of the molecule is COC(=O)N[C@H](C(=O)N[C@@H](Cc1ccc(C#Cc2cnc(N3CC4CCC(C3)N4C3COC3)nc2)cc1)[C@H](CN(Cc1c(F)cc(-c2ccn(C(F)F)n2)cc1F)NC(=O)[C@@H](NC(=O)OC)C(C)(C)C(F)(F)F)OC(=O)CCCN1CCOCC1)C(C)(C)C(F)(F)F. The molecule has 92 heavy (non-hydrogen) atoms. The number of hydrogen-bond donors (Lipinski definition) is 4. The Labute approximate surface area is 523 Å². The van der Waals surface area contributed by atoms with E-state index in [-0.39, 0.29) is 34.3 Å². The van der Waals surface area contributed by atoms with E-state index in [4.69, 9.17) is 14.2 Å². The van der Waals surface area contributed by atoms with Gasteiger partial charge in [-0.1, -0.05) is 24.0 Å². The Bertz CT molecular complexity index is 3250. The first-order valence-corrected chi connectivity index (χ1v) is 29.5. The number of morpholine rings is 1. The van der Waals surface area contributed by atoms with E-state index in [1.807, 2.05) is 15.5 Å². The van der Waals surface area contributed by atoms with Crippen LogP contribution in [0.5, 0.6) is 0 Å². The molecular weight excluding hydrogens is 1240 g/mol. The van der Waals surface area contributed by atoms with Gasteiger partial charge in [0.2, 0.25) is 11.9 Å². The molecule has 502 valence electrons. The van der Waals surface area contributed by atoms with E-state index < -0.39 is 121 Å². The molecule has 8 rings (SSSR count). The van der Waals surface area contributed by atoms with Crippen LogP contribution in [0.2, 0.25) is 0 Å². The summed E-state index contributed by atoms with van der Waals surface area (Å²) in [5.74, 6) is -0.623. The number of carbonyl (C=O) groups excluding carboxylic acids is 5. The third-order valence-corrected chi connectivity index (χ3v) is 16.9. The van der Waals surface area contributed by atoms with Crippen molar-refractivity contribution in [3.05, 3.63) is 94.9 Å². The number of hydrazine groups is 1. The zero-order valence-corrected chi connectivity index (χ0v) is 51.1. The largest absolute Gasteiger partial charge is 0.459 e. The lowest BCUT2D eigenvalue weighted by molar-refractivity contribution is -0.221. The molecule has 4 fully saturated rings. The van der Waals surface area contributed by atoms with Crippen LogP contribution in [0.1, 0.15) is 82.2 Å². The monoisotopic (exact) mass is 1310 g/mol. The Morgan fingerprint density at radius 3 is 1.84 bits per heavy atom. The van der Waals surface area contributed by atoms with Crippen molar-refractivity contribution in [3.8, 4) is 23.1 Å². The molecule has 0 spiro atoms. The number of benzene rings is 2. The number of alkyl carbamates (subject to hydrolysis) is 2. The van der Waals surface area contributed by atoms with Crippen LogP contribution >= 0.6 is 0 Å². The van der Waals surface area contributed by atoms with Crippen LogP contribution in [0.25, 0.3) is 11.3 Å². The van der Waals surface area contributed by atoms with Crippen molar-refractivity contribution in [1.82, 2.24) is 55.9 Å². The van der Waals surface area contributed by atoms with Crippen LogP contribution in [0, 0.1) is 34.3 Å². The first-order chi connectivity index (χ1) is 43.5. The molecule has 4 amide bonds. The van der Waals surface area contributed by atoms with Crippen molar-refractivity contribution in [2.75, 3.05) is 84.8 Å². The van der Waals surface area contributed by atoms with Crippen molar-refractivity contribution in [3.63, 3.8) is 0 Å². The molecule has 0 aliphatic carbocycles. The average molecular weight is 1310 g/mol. The number of nitrogens with one attached hydrogen (secondary N) is 4. The number of carbonyl (C=O) groups is 5. The van der Waals surface area contributed by atoms with Gasteiger partial charge in [-0.15, -0.1) is 0 Å². The van der Waals surface area contributed by atoms with Crippen molar-refractivity contribution in [1.29, 1.82) is 0 Å². The number of piperazine rings is 1. The smallest absolute Gasteiger partial charge is 0.407 e. The van der Waals surface area contributed by atoms with Crippen LogP contribution in [0.15, 0.2) is 61.1 Å². The average Bonchev–Trinajstić information content (AvgIpc) is 1.70. The second kappa shape index (κ2) is 29.8. The van der Waals surface area contributed by atoms with Gasteiger partial charge < -0.3 is 44.5 Å². The van der Waals surface area contributed by atoms with E-state index in [0.717, 1.165) is 65.6 Å². The molecule has 2 aromatic heterocycles. The highest BCUT2D eigenvalue weighted by molar-refractivity contribution is 5.87. The predicted octanol–water partition coefficient (Wildman–Crippen LogP) is 6.68. The van der Waals surface area contributed by atoms with Gasteiger partial charge in [-0.2, -0.15) is 40.2 Å². The number of rotatable bonds is 24. The van der Waals surface area contributed by atoms with E-state index in [1.165, 1.54) is 24.3 Å². The molecule has 32 heteroatoms. The summed E-state index contributed by atoms with van der Waals surface area (Å²) in [6, 6.07) is 2.63. The van der Waals surface area contributed by atoms with Crippen LogP contribution < -0.4 is 26.3 Å². The Hall–Kier alpha value is -7.86. The standard InChI is InChI=1S/C60H72F10N12O10/c1-57(2,59(65,66)67)49(74-55(86)88-5)51(84)73-46(24-36-12-9-35(10-13-36)11-14-37-27-71-54(72-28-37)79-29-39-15-16-40(30-79)82(39)41-33-91-34-41)47(92-48(83)8-7-18-78-20-22-90-23-21-78)32-80(77-52(85)50(75-56(87)89-6)58(3,4)60(68,69)70)31-42-43(61)25-38(26-44(42)62)45-17-19-81(76-45)53(63)64/h9-10,12-13,17,19,25-28,39-41,46-47,49-50,53H,7-8,15-16,18,20-24,29-34H2,1-6H3,(H,73,84)(H,74,86)(H,75,87)(H,77,85)/t39?,40?,46-,47-,49+,50+/m0/s1. The van der Waals surface area contributed by atoms with Crippen molar-refractivity contribution >= 4 is 35.9 Å². The fraction of sp³-hybridized carbons (Fsp3) is 0.567.